The first-order valence-corrected chi connectivity index (χ1v) is 12.2. The molecule has 0 aromatic carbocycles. The third kappa shape index (κ3) is 4.91. The van der Waals surface area contributed by atoms with Crippen molar-refractivity contribution in [3.05, 3.63) is 34.0 Å². The lowest BCUT2D eigenvalue weighted by Crippen LogP contribution is -2.41. The number of piperidine rings is 1. The van der Waals surface area contributed by atoms with Gasteiger partial charge in [-0.15, -0.1) is 0 Å². The Kier molecular flexibility index (Phi) is 6.24. The zero-order chi connectivity index (χ0) is 23.7. The van der Waals surface area contributed by atoms with E-state index in [0.717, 1.165) is 70.0 Å². The maximum atomic E-state index is 12.8. The van der Waals surface area contributed by atoms with E-state index in [1.807, 2.05) is 0 Å². The van der Waals surface area contributed by atoms with Crippen molar-refractivity contribution < 1.29 is 9.53 Å². The van der Waals surface area contributed by atoms with Gasteiger partial charge in [0, 0.05) is 43.9 Å². The van der Waals surface area contributed by atoms with Gasteiger partial charge in [-0.25, -0.2) is 14.8 Å². The number of fused-ring (bicyclic) bond motifs is 1. The molecule has 2 aromatic rings. The highest BCUT2D eigenvalue weighted by molar-refractivity contribution is 5.91. The minimum absolute atomic E-state index is 0.0676. The number of rotatable bonds is 4. The molecule has 10 nitrogen and oxygen atoms in total. The number of carbonyl (C=O) groups is 1. The second-order valence-corrected chi connectivity index (χ2v) is 10.3. The van der Waals surface area contributed by atoms with E-state index in [4.69, 9.17) is 14.7 Å². The molecule has 0 unspecified atom stereocenters. The zero-order valence-electron chi connectivity index (χ0n) is 20.0. The summed E-state index contributed by atoms with van der Waals surface area (Å²) in [5.41, 5.74) is 2.21. The van der Waals surface area contributed by atoms with Crippen molar-refractivity contribution in [2.75, 3.05) is 54.5 Å². The van der Waals surface area contributed by atoms with Crippen LogP contribution in [0.3, 0.4) is 0 Å². The Labute approximate surface area is 199 Å². The number of nitrogens with one attached hydrogen (secondary N) is 2. The van der Waals surface area contributed by atoms with Crippen LogP contribution in [-0.2, 0) is 22.4 Å². The minimum Gasteiger partial charge on any atom is -0.378 e. The number of H-pyrrole nitrogens is 1. The molecule has 2 N–H and O–H groups in total. The molecule has 1 amide bonds. The number of morpholine rings is 1. The van der Waals surface area contributed by atoms with Crippen LogP contribution in [0.15, 0.2) is 17.1 Å². The van der Waals surface area contributed by atoms with Crippen molar-refractivity contribution in [1.82, 2.24) is 19.9 Å². The fourth-order valence-corrected chi connectivity index (χ4v) is 5.11. The minimum atomic E-state index is -0.472. The average molecular weight is 468 g/mol. The summed E-state index contributed by atoms with van der Waals surface area (Å²) in [6.45, 7) is 9.16. The molecular formula is C24H33N7O3. The van der Waals surface area contributed by atoms with E-state index < -0.39 is 5.69 Å². The summed E-state index contributed by atoms with van der Waals surface area (Å²) in [5.74, 6) is 2.05. The first-order chi connectivity index (χ1) is 16.4. The van der Waals surface area contributed by atoms with Crippen LogP contribution in [0.4, 0.5) is 17.6 Å². The molecular weight excluding hydrogens is 434 g/mol. The van der Waals surface area contributed by atoms with Gasteiger partial charge in [0.05, 0.1) is 18.9 Å². The highest BCUT2D eigenvalue weighted by Gasteiger charge is 2.33. The molecule has 1 aliphatic carbocycles. The van der Waals surface area contributed by atoms with Crippen LogP contribution in [-0.4, -0.2) is 65.2 Å². The predicted molar refractivity (Wildman–Crippen MR) is 129 cm³/mol. The monoisotopic (exact) mass is 467 g/mol. The predicted octanol–water partition coefficient (Wildman–Crippen LogP) is 1.77. The van der Waals surface area contributed by atoms with E-state index in [9.17, 15) is 9.59 Å². The zero-order valence-corrected chi connectivity index (χ0v) is 20.0. The molecule has 0 radical (unpaired) electrons. The Morgan fingerprint density at radius 1 is 1.15 bits per heavy atom. The van der Waals surface area contributed by atoms with Gasteiger partial charge in [-0.2, -0.15) is 4.98 Å². The maximum Gasteiger partial charge on any atom is 0.346 e. The smallest absolute Gasteiger partial charge is 0.346 e. The van der Waals surface area contributed by atoms with Crippen LogP contribution in [0, 0.1) is 11.3 Å². The third-order valence-electron chi connectivity index (χ3n) is 7.15. The highest BCUT2D eigenvalue weighted by atomic mass is 16.5. The SMILES string of the molecule is CC1(C)CCc2c(nc(N3CCOCC3)nc2N2CCC(C(=O)Nc3ccnc(=O)[nH]3)CC2)C1. The van der Waals surface area contributed by atoms with Gasteiger partial charge in [-0.05, 0) is 43.6 Å². The van der Waals surface area contributed by atoms with Crippen LogP contribution < -0.4 is 20.8 Å². The van der Waals surface area contributed by atoms with Gasteiger partial charge in [0.1, 0.15) is 11.6 Å². The number of hydrogen-bond donors (Lipinski definition) is 2. The Hall–Kier alpha value is -3.01. The lowest BCUT2D eigenvalue weighted by molar-refractivity contribution is -0.120. The third-order valence-corrected chi connectivity index (χ3v) is 7.15. The van der Waals surface area contributed by atoms with Crippen molar-refractivity contribution in [2.24, 2.45) is 11.3 Å². The summed E-state index contributed by atoms with van der Waals surface area (Å²) in [6.07, 6.45) is 5.92. The van der Waals surface area contributed by atoms with Crippen LogP contribution in [0.25, 0.3) is 0 Å². The van der Waals surface area contributed by atoms with Gasteiger partial charge in [-0.1, -0.05) is 13.8 Å². The van der Waals surface area contributed by atoms with Crippen molar-refractivity contribution in [1.29, 1.82) is 0 Å². The lowest BCUT2D eigenvalue weighted by atomic mass is 9.76. The van der Waals surface area contributed by atoms with Gasteiger partial charge >= 0.3 is 5.69 Å². The number of anilines is 3. The van der Waals surface area contributed by atoms with Crippen molar-refractivity contribution in [3.8, 4) is 0 Å². The average Bonchev–Trinajstić information content (AvgIpc) is 2.83. The van der Waals surface area contributed by atoms with E-state index in [2.05, 4.69) is 38.9 Å². The summed E-state index contributed by atoms with van der Waals surface area (Å²) in [6, 6.07) is 1.59. The van der Waals surface area contributed by atoms with E-state index in [1.165, 1.54) is 17.5 Å². The van der Waals surface area contributed by atoms with Crippen LogP contribution in [0.5, 0.6) is 0 Å². The molecule has 0 atom stereocenters. The summed E-state index contributed by atoms with van der Waals surface area (Å²) in [7, 11) is 0. The van der Waals surface area contributed by atoms with Gasteiger partial charge < -0.3 is 19.9 Å². The molecule has 2 aromatic heterocycles. The topological polar surface area (TPSA) is 116 Å². The quantitative estimate of drug-likeness (QED) is 0.699. The number of hydrogen-bond acceptors (Lipinski definition) is 8. The molecule has 0 saturated carbocycles. The van der Waals surface area contributed by atoms with Crippen LogP contribution in [0.1, 0.15) is 44.4 Å². The first-order valence-electron chi connectivity index (χ1n) is 12.2. The number of amides is 1. The standard InChI is InChI=1S/C24H33N7O3/c1-24(2)7-3-17-18(15-24)26-22(31-11-13-34-14-12-31)29-20(17)30-9-5-16(6-10-30)21(32)27-19-4-8-25-23(33)28-19/h4,8,16H,3,5-7,9-15H2,1-2H3,(H2,25,27,28,32,33). The molecule has 0 spiro atoms. The van der Waals surface area contributed by atoms with E-state index in [0.29, 0.717) is 19.0 Å². The van der Waals surface area contributed by atoms with Crippen LogP contribution >= 0.6 is 0 Å². The molecule has 10 heteroatoms. The van der Waals surface area contributed by atoms with E-state index in [1.54, 1.807) is 6.07 Å². The molecule has 2 aliphatic heterocycles. The molecule has 4 heterocycles. The molecule has 2 saturated heterocycles. The fourth-order valence-electron chi connectivity index (χ4n) is 5.11. The van der Waals surface area contributed by atoms with Gasteiger partial charge in [0.2, 0.25) is 11.9 Å². The molecule has 34 heavy (non-hydrogen) atoms. The maximum absolute atomic E-state index is 12.8. The molecule has 182 valence electrons. The Balaban J connectivity index is 1.33. The molecule has 3 aliphatic rings. The number of aromatic amines is 1. The van der Waals surface area contributed by atoms with Gasteiger partial charge in [-0.3, -0.25) is 9.78 Å². The largest absolute Gasteiger partial charge is 0.378 e. The Morgan fingerprint density at radius 2 is 1.91 bits per heavy atom. The Morgan fingerprint density at radius 3 is 2.65 bits per heavy atom. The normalized spacial score (nSPS) is 20.6. The molecule has 0 bridgehead atoms. The summed E-state index contributed by atoms with van der Waals surface area (Å²) < 4.78 is 5.53. The highest BCUT2D eigenvalue weighted by Crippen LogP contribution is 2.39. The van der Waals surface area contributed by atoms with Gasteiger partial charge in [0.25, 0.3) is 0 Å². The summed E-state index contributed by atoms with van der Waals surface area (Å²) in [4.78, 5) is 45.0. The molecule has 2 fully saturated rings. The first kappa shape index (κ1) is 22.8. The van der Waals surface area contributed by atoms with E-state index >= 15 is 0 Å². The second kappa shape index (κ2) is 9.32. The number of ether oxygens (including phenoxy) is 1. The summed E-state index contributed by atoms with van der Waals surface area (Å²) >= 11 is 0. The van der Waals surface area contributed by atoms with Gasteiger partial charge in [0.15, 0.2) is 0 Å². The number of aromatic nitrogens is 4. The Bertz CT molecular complexity index is 1100. The van der Waals surface area contributed by atoms with Crippen molar-refractivity contribution >= 4 is 23.5 Å². The second-order valence-electron chi connectivity index (χ2n) is 10.3. The van der Waals surface area contributed by atoms with Crippen LogP contribution in [0.2, 0.25) is 0 Å². The lowest BCUT2D eigenvalue weighted by Gasteiger charge is -2.38. The number of nitrogens with zero attached hydrogens (tertiary/aromatic N) is 5. The molecule has 5 rings (SSSR count). The fraction of sp³-hybridized carbons (Fsp3) is 0.625. The van der Waals surface area contributed by atoms with E-state index in [-0.39, 0.29) is 17.2 Å². The summed E-state index contributed by atoms with van der Waals surface area (Å²) in [5, 5.41) is 2.82. The van der Waals surface area contributed by atoms with Crippen molar-refractivity contribution in [3.63, 3.8) is 0 Å². The van der Waals surface area contributed by atoms with Crippen molar-refractivity contribution in [2.45, 2.75) is 46.0 Å². The number of carbonyl (C=O) groups excluding carboxylic acids is 1.